The number of benzene rings is 2. The number of rotatable bonds is 6. The van der Waals surface area contributed by atoms with Crippen LogP contribution in [0.2, 0.25) is 0 Å². The van der Waals surface area contributed by atoms with Gasteiger partial charge in [-0.05, 0) is 36.4 Å². The number of aliphatic imine (C=N–C) groups is 1. The largest absolute Gasteiger partial charge is 0.494 e. The molecule has 0 saturated heterocycles. The number of para-hydroxylation sites is 1. The van der Waals surface area contributed by atoms with Crippen LogP contribution in [0.25, 0.3) is 10.9 Å². The molecule has 5 nitrogen and oxygen atoms in total. The van der Waals surface area contributed by atoms with E-state index in [1.54, 1.807) is 30.5 Å². The van der Waals surface area contributed by atoms with Gasteiger partial charge in [0.1, 0.15) is 5.04 Å². The molecule has 0 unspecified atom stereocenters. The predicted molar refractivity (Wildman–Crippen MR) is 113 cm³/mol. The van der Waals surface area contributed by atoms with Gasteiger partial charge in [0.2, 0.25) is 5.88 Å². The number of ether oxygens (including phenoxy) is 2. The van der Waals surface area contributed by atoms with E-state index in [1.165, 1.54) is 0 Å². The highest BCUT2D eigenvalue weighted by molar-refractivity contribution is 8.13. The van der Waals surface area contributed by atoms with Gasteiger partial charge >= 0.3 is 0 Å². The molecule has 3 rings (SSSR count). The fourth-order valence-corrected chi connectivity index (χ4v) is 3.78. The molecule has 0 radical (unpaired) electrons. The Morgan fingerprint density at radius 2 is 1.85 bits per heavy atom. The monoisotopic (exact) mass is 384 g/mol. The summed E-state index contributed by atoms with van der Waals surface area (Å²) in [5.41, 5.74) is 2.92. The molecule has 0 aliphatic rings. The number of thioether (sulfide) groups is 1. The van der Waals surface area contributed by atoms with Crippen molar-refractivity contribution in [2.45, 2.75) is 6.42 Å². The molecule has 142 valence electrons. The number of fused-ring (bicyclic) bond motifs is 1. The maximum atomic E-state index is 10.6. The van der Waals surface area contributed by atoms with E-state index in [4.69, 9.17) is 14.5 Å². The molecule has 0 aliphatic carbocycles. The van der Waals surface area contributed by atoms with E-state index in [9.17, 15) is 5.11 Å². The predicted octanol–water partition coefficient (Wildman–Crippen LogP) is 4.25. The van der Waals surface area contributed by atoms with Gasteiger partial charge in [0.15, 0.2) is 11.5 Å². The average molecular weight is 385 g/mol. The minimum absolute atomic E-state index is 0.246. The molecule has 1 heterocycles. The Hall–Kier alpha value is -2.60. The molecular weight excluding hydrogens is 360 g/mol. The number of aryl methyl sites for hydroxylation is 1. The van der Waals surface area contributed by atoms with Crippen molar-refractivity contribution in [3.63, 3.8) is 0 Å². The molecule has 0 spiro atoms. The van der Waals surface area contributed by atoms with Crippen LogP contribution in [0.4, 0.5) is 0 Å². The first-order chi connectivity index (χ1) is 13.1. The molecule has 6 heteroatoms. The van der Waals surface area contributed by atoms with E-state index < -0.39 is 0 Å². The second kappa shape index (κ2) is 8.39. The quantitative estimate of drug-likeness (QED) is 0.510. The van der Waals surface area contributed by atoms with Crippen molar-refractivity contribution in [3.8, 4) is 17.4 Å². The Morgan fingerprint density at radius 3 is 2.56 bits per heavy atom. The Bertz CT molecular complexity index is 979. The fourth-order valence-electron chi connectivity index (χ4n) is 3.16. The molecule has 0 aliphatic heterocycles. The second-order valence-electron chi connectivity index (χ2n) is 6.11. The third kappa shape index (κ3) is 3.76. The van der Waals surface area contributed by atoms with Gasteiger partial charge < -0.3 is 19.1 Å². The van der Waals surface area contributed by atoms with Crippen molar-refractivity contribution in [2.24, 2.45) is 12.0 Å². The third-order valence-corrected chi connectivity index (χ3v) is 5.31. The molecular formula is C21H24N2O3S. The van der Waals surface area contributed by atoms with Crippen LogP contribution in [-0.2, 0) is 13.5 Å². The van der Waals surface area contributed by atoms with Gasteiger partial charge in [0, 0.05) is 19.0 Å². The first-order valence-electron chi connectivity index (χ1n) is 8.66. The molecule has 0 bridgehead atoms. The lowest BCUT2D eigenvalue weighted by Gasteiger charge is -2.09. The number of methoxy groups -OCH3 is 2. The molecule has 2 aromatic carbocycles. The van der Waals surface area contributed by atoms with Gasteiger partial charge in [0.05, 0.1) is 25.3 Å². The molecule has 1 N–H and O–H groups in total. The number of hydrogen-bond donors (Lipinski definition) is 1. The molecule has 27 heavy (non-hydrogen) atoms. The van der Waals surface area contributed by atoms with Crippen LogP contribution >= 0.6 is 11.8 Å². The van der Waals surface area contributed by atoms with Crippen molar-refractivity contribution in [1.29, 1.82) is 0 Å². The van der Waals surface area contributed by atoms with E-state index >= 15 is 0 Å². The zero-order chi connectivity index (χ0) is 19.4. The van der Waals surface area contributed by atoms with Gasteiger partial charge in [0.25, 0.3) is 0 Å². The minimum atomic E-state index is 0.246. The Kier molecular flexibility index (Phi) is 5.96. The summed E-state index contributed by atoms with van der Waals surface area (Å²) in [6, 6.07) is 13.9. The van der Waals surface area contributed by atoms with Crippen molar-refractivity contribution in [3.05, 3.63) is 53.6 Å². The third-order valence-electron chi connectivity index (χ3n) is 4.59. The summed E-state index contributed by atoms with van der Waals surface area (Å²) in [5.74, 6) is 1.68. The number of nitrogens with zero attached hydrogens (tertiary/aromatic N) is 2. The van der Waals surface area contributed by atoms with Crippen LogP contribution in [0.15, 0.2) is 47.5 Å². The highest BCUT2D eigenvalue weighted by atomic mass is 32.2. The Labute approximate surface area is 163 Å². The van der Waals surface area contributed by atoms with Crippen LogP contribution in [0.3, 0.4) is 0 Å². The molecule has 3 aromatic rings. The topological polar surface area (TPSA) is 56.0 Å². The first-order valence-corrected chi connectivity index (χ1v) is 9.89. The van der Waals surface area contributed by atoms with Crippen molar-refractivity contribution >= 4 is 27.7 Å². The SMILES string of the molecule is COc1ccc(CCN=C(SC)c2c(O)n(C)c3ccccc23)cc1OC. The van der Waals surface area contributed by atoms with E-state index in [1.807, 2.05) is 55.8 Å². The lowest BCUT2D eigenvalue weighted by molar-refractivity contribution is 0.354. The van der Waals surface area contributed by atoms with Crippen LogP contribution in [0.5, 0.6) is 17.4 Å². The van der Waals surface area contributed by atoms with Gasteiger partial charge in [-0.25, -0.2) is 0 Å². The number of hydrogen-bond acceptors (Lipinski definition) is 5. The second-order valence-corrected chi connectivity index (χ2v) is 6.90. The van der Waals surface area contributed by atoms with E-state index in [2.05, 4.69) is 0 Å². The van der Waals surface area contributed by atoms with Gasteiger partial charge in [-0.15, -0.1) is 11.8 Å². The van der Waals surface area contributed by atoms with Crippen LogP contribution in [0, 0.1) is 0 Å². The minimum Gasteiger partial charge on any atom is -0.494 e. The van der Waals surface area contributed by atoms with Gasteiger partial charge in [-0.3, -0.25) is 4.99 Å². The van der Waals surface area contributed by atoms with Crippen LogP contribution in [-0.4, -0.2) is 41.7 Å². The van der Waals surface area contributed by atoms with E-state index in [-0.39, 0.29) is 5.88 Å². The summed E-state index contributed by atoms with van der Waals surface area (Å²) < 4.78 is 12.4. The summed E-state index contributed by atoms with van der Waals surface area (Å²) in [5, 5.41) is 12.5. The lowest BCUT2D eigenvalue weighted by atomic mass is 10.1. The highest BCUT2D eigenvalue weighted by Gasteiger charge is 2.18. The van der Waals surface area contributed by atoms with Crippen molar-refractivity contribution in [2.75, 3.05) is 27.0 Å². The van der Waals surface area contributed by atoms with Gasteiger partial charge in [-0.1, -0.05) is 24.3 Å². The summed E-state index contributed by atoms with van der Waals surface area (Å²) in [6.07, 6.45) is 2.76. The van der Waals surface area contributed by atoms with Crippen molar-refractivity contribution in [1.82, 2.24) is 4.57 Å². The molecule has 0 atom stereocenters. The van der Waals surface area contributed by atoms with Gasteiger partial charge in [-0.2, -0.15) is 0 Å². The van der Waals surface area contributed by atoms with E-state index in [0.29, 0.717) is 6.54 Å². The van der Waals surface area contributed by atoms with E-state index in [0.717, 1.165) is 45.0 Å². The normalized spacial score (nSPS) is 11.8. The zero-order valence-corrected chi connectivity index (χ0v) is 16.8. The molecule has 0 fully saturated rings. The smallest absolute Gasteiger partial charge is 0.202 e. The standard InChI is InChI=1S/C21H24N2O3S/c1-23-16-8-6-5-7-15(16)19(21(23)24)20(27-4)22-12-11-14-9-10-17(25-2)18(13-14)26-3/h5-10,13,24H,11-12H2,1-4H3. The molecule has 1 aromatic heterocycles. The Balaban J connectivity index is 1.85. The lowest BCUT2D eigenvalue weighted by Crippen LogP contribution is -2.00. The molecule has 0 saturated carbocycles. The summed E-state index contributed by atoms with van der Waals surface area (Å²) in [7, 11) is 5.13. The zero-order valence-electron chi connectivity index (χ0n) is 16.0. The number of aromatic nitrogens is 1. The Morgan fingerprint density at radius 1 is 1.11 bits per heavy atom. The maximum Gasteiger partial charge on any atom is 0.202 e. The summed E-state index contributed by atoms with van der Waals surface area (Å²) >= 11 is 1.55. The van der Waals surface area contributed by atoms with Crippen molar-refractivity contribution < 1.29 is 14.6 Å². The highest BCUT2D eigenvalue weighted by Crippen LogP contribution is 2.33. The maximum absolute atomic E-state index is 10.6. The first kappa shape index (κ1) is 19.2. The summed E-state index contributed by atoms with van der Waals surface area (Å²) in [4.78, 5) is 4.76. The summed E-state index contributed by atoms with van der Waals surface area (Å²) in [6.45, 7) is 0.619. The average Bonchev–Trinajstić information content (AvgIpc) is 2.96. The molecule has 0 amide bonds. The number of aromatic hydroxyl groups is 1. The van der Waals surface area contributed by atoms with Crippen LogP contribution in [0.1, 0.15) is 11.1 Å². The fraction of sp³-hybridized carbons (Fsp3) is 0.286. The van der Waals surface area contributed by atoms with Crippen LogP contribution < -0.4 is 9.47 Å².